The van der Waals surface area contributed by atoms with E-state index in [-0.39, 0.29) is 11.4 Å². The van der Waals surface area contributed by atoms with Crippen LogP contribution < -0.4 is 0 Å². The molecule has 0 spiro atoms. The predicted molar refractivity (Wildman–Crippen MR) is 60.2 cm³/mol. The summed E-state index contributed by atoms with van der Waals surface area (Å²) in [5.74, 6) is -0.966. The number of nitrogens with zero attached hydrogens (tertiary/aromatic N) is 2. The Morgan fingerprint density at radius 1 is 1.50 bits per heavy atom. The van der Waals surface area contributed by atoms with Crippen molar-refractivity contribution in [3.63, 3.8) is 0 Å². The molecule has 0 unspecified atom stereocenters. The molecular formula is C10H7BrN2O3. The largest absolute Gasteiger partial charge is 0.504 e. The molecule has 0 aliphatic heterocycles. The third kappa shape index (κ3) is 1.71. The van der Waals surface area contributed by atoms with Crippen LogP contribution >= 0.6 is 15.9 Å². The lowest BCUT2D eigenvalue weighted by Gasteiger charge is -2.04. The monoisotopic (exact) mass is 282 g/mol. The maximum absolute atomic E-state index is 11.3. The van der Waals surface area contributed by atoms with Crippen LogP contribution in [0.25, 0.3) is 10.9 Å². The fourth-order valence-corrected chi connectivity index (χ4v) is 1.60. The average molecular weight is 283 g/mol. The summed E-state index contributed by atoms with van der Waals surface area (Å²) in [7, 11) is 1.22. The van der Waals surface area contributed by atoms with E-state index in [4.69, 9.17) is 0 Å². The molecule has 0 radical (unpaired) electrons. The Morgan fingerprint density at radius 2 is 2.25 bits per heavy atom. The number of aromatic hydroxyl groups is 1. The molecule has 0 aromatic carbocycles. The van der Waals surface area contributed by atoms with Crippen molar-refractivity contribution >= 4 is 32.8 Å². The van der Waals surface area contributed by atoms with Gasteiger partial charge in [-0.1, -0.05) is 0 Å². The Hall–Kier alpha value is -1.69. The first-order valence-corrected chi connectivity index (χ1v) is 5.15. The summed E-state index contributed by atoms with van der Waals surface area (Å²) < 4.78 is 5.06. The lowest BCUT2D eigenvalue weighted by atomic mass is 10.2. The summed E-state index contributed by atoms with van der Waals surface area (Å²) in [6, 6.07) is 3.46. The van der Waals surface area contributed by atoms with Gasteiger partial charge in [0.05, 0.1) is 7.11 Å². The summed E-state index contributed by atoms with van der Waals surface area (Å²) in [4.78, 5) is 19.2. The first-order chi connectivity index (χ1) is 7.63. The molecule has 2 rings (SSSR count). The van der Waals surface area contributed by atoms with Gasteiger partial charge in [0.2, 0.25) is 0 Å². The van der Waals surface area contributed by atoms with Crippen molar-refractivity contribution in [1.82, 2.24) is 9.97 Å². The Bertz CT molecular complexity index is 571. The lowest BCUT2D eigenvalue weighted by molar-refractivity contribution is 0.0591. The minimum atomic E-state index is -0.693. The molecule has 1 N–H and O–H groups in total. The van der Waals surface area contributed by atoms with Gasteiger partial charge in [-0.05, 0) is 28.1 Å². The first kappa shape index (κ1) is 10.8. The van der Waals surface area contributed by atoms with E-state index >= 15 is 0 Å². The van der Waals surface area contributed by atoms with Gasteiger partial charge in [-0.25, -0.2) is 14.8 Å². The highest BCUT2D eigenvalue weighted by Crippen LogP contribution is 2.26. The summed E-state index contributed by atoms with van der Waals surface area (Å²) in [6.45, 7) is 0. The van der Waals surface area contributed by atoms with Gasteiger partial charge in [0.1, 0.15) is 10.1 Å². The third-order valence-corrected chi connectivity index (χ3v) is 2.49. The maximum atomic E-state index is 11.3. The second kappa shape index (κ2) is 4.05. The van der Waals surface area contributed by atoms with Crippen LogP contribution in [0.15, 0.2) is 22.9 Å². The Kier molecular flexibility index (Phi) is 2.74. The van der Waals surface area contributed by atoms with Gasteiger partial charge in [-0.15, -0.1) is 0 Å². The van der Waals surface area contributed by atoms with E-state index in [1.54, 1.807) is 12.1 Å². The quantitative estimate of drug-likeness (QED) is 0.639. The van der Waals surface area contributed by atoms with Crippen LogP contribution in [0.3, 0.4) is 0 Å². The fourth-order valence-electron chi connectivity index (χ4n) is 1.29. The topological polar surface area (TPSA) is 72.3 Å². The average Bonchev–Trinajstić information content (AvgIpc) is 2.29. The highest BCUT2D eigenvalue weighted by Gasteiger charge is 2.16. The number of rotatable bonds is 1. The number of pyridine rings is 2. The van der Waals surface area contributed by atoms with Crippen molar-refractivity contribution in [2.24, 2.45) is 0 Å². The van der Waals surface area contributed by atoms with E-state index in [1.807, 2.05) is 0 Å². The molecule has 0 saturated carbocycles. The van der Waals surface area contributed by atoms with E-state index < -0.39 is 5.97 Å². The fraction of sp³-hybridized carbons (Fsp3) is 0.100. The highest BCUT2D eigenvalue weighted by atomic mass is 79.9. The van der Waals surface area contributed by atoms with Crippen molar-refractivity contribution in [2.75, 3.05) is 7.11 Å². The molecule has 2 heterocycles. The van der Waals surface area contributed by atoms with Crippen molar-refractivity contribution in [2.45, 2.75) is 0 Å². The van der Waals surface area contributed by atoms with Crippen molar-refractivity contribution in [3.05, 3.63) is 28.6 Å². The molecule has 0 atom stereocenters. The van der Waals surface area contributed by atoms with Crippen LogP contribution in [-0.4, -0.2) is 28.2 Å². The van der Waals surface area contributed by atoms with Gasteiger partial charge in [-0.2, -0.15) is 0 Å². The smallest absolute Gasteiger partial charge is 0.360 e. The molecule has 2 aromatic rings. The van der Waals surface area contributed by atoms with E-state index in [0.717, 1.165) is 0 Å². The molecule has 82 valence electrons. The SMILES string of the molecule is COC(=O)c1ncc2ccc(Br)nc2c1O. The molecule has 0 aliphatic carbocycles. The summed E-state index contributed by atoms with van der Waals surface area (Å²) >= 11 is 3.19. The molecule has 0 saturated heterocycles. The highest BCUT2D eigenvalue weighted by molar-refractivity contribution is 9.10. The molecule has 0 bridgehead atoms. The predicted octanol–water partition coefficient (Wildman–Crippen LogP) is 1.88. The number of halogens is 1. The number of esters is 1. The Labute approximate surface area is 99.2 Å². The van der Waals surface area contributed by atoms with Gasteiger partial charge in [0.25, 0.3) is 0 Å². The van der Waals surface area contributed by atoms with Crippen molar-refractivity contribution in [1.29, 1.82) is 0 Å². The number of fused-ring (bicyclic) bond motifs is 1. The van der Waals surface area contributed by atoms with Crippen LogP contribution in [-0.2, 0) is 4.74 Å². The first-order valence-electron chi connectivity index (χ1n) is 4.36. The molecule has 16 heavy (non-hydrogen) atoms. The summed E-state index contributed by atoms with van der Waals surface area (Å²) in [6.07, 6.45) is 1.46. The molecule has 0 amide bonds. The van der Waals surface area contributed by atoms with Crippen LogP contribution in [0.5, 0.6) is 5.75 Å². The van der Waals surface area contributed by atoms with Crippen LogP contribution in [0.2, 0.25) is 0 Å². The van der Waals surface area contributed by atoms with E-state index in [0.29, 0.717) is 15.5 Å². The standard InChI is InChI=1S/C10H7BrN2O3/c1-16-10(15)8-9(14)7-5(4-12-8)2-3-6(11)13-7/h2-4,14H,1H3. The van der Waals surface area contributed by atoms with Gasteiger partial charge in [0, 0.05) is 11.6 Å². The van der Waals surface area contributed by atoms with Crippen LogP contribution in [0.1, 0.15) is 10.5 Å². The molecule has 5 nitrogen and oxygen atoms in total. The summed E-state index contributed by atoms with van der Waals surface area (Å²) in [5.41, 5.74) is 0.172. The number of carbonyl (C=O) groups excluding carboxylic acids is 1. The Balaban J connectivity index is 2.72. The van der Waals surface area contributed by atoms with Gasteiger partial charge >= 0.3 is 5.97 Å². The zero-order valence-electron chi connectivity index (χ0n) is 8.27. The second-order valence-corrected chi connectivity index (χ2v) is 3.83. The molecular weight excluding hydrogens is 276 g/mol. The third-order valence-electron chi connectivity index (χ3n) is 2.05. The number of methoxy groups -OCH3 is 1. The minimum absolute atomic E-state index is 0.138. The van der Waals surface area contributed by atoms with Crippen LogP contribution in [0, 0.1) is 0 Å². The van der Waals surface area contributed by atoms with E-state index in [9.17, 15) is 9.90 Å². The molecule has 0 fully saturated rings. The second-order valence-electron chi connectivity index (χ2n) is 3.02. The molecule has 6 heteroatoms. The maximum Gasteiger partial charge on any atom is 0.360 e. The number of aromatic nitrogens is 2. The Morgan fingerprint density at radius 3 is 2.94 bits per heavy atom. The van der Waals surface area contributed by atoms with Crippen molar-refractivity contribution in [3.8, 4) is 5.75 Å². The lowest BCUT2D eigenvalue weighted by Crippen LogP contribution is -2.04. The number of carbonyl (C=O) groups is 1. The zero-order chi connectivity index (χ0) is 11.7. The van der Waals surface area contributed by atoms with Crippen LogP contribution in [0.4, 0.5) is 0 Å². The van der Waals surface area contributed by atoms with Gasteiger partial charge in [-0.3, -0.25) is 0 Å². The molecule has 2 aromatic heterocycles. The number of hydrogen-bond acceptors (Lipinski definition) is 5. The van der Waals surface area contributed by atoms with E-state index in [2.05, 4.69) is 30.6 Å². The number of ether oxygens (including phenoxy) is 1. The number of hydrogen-bond donors (Lipinski definition) is 1. The van der Waals surface area contributed by atoms with E-state index in [1.165, 1.54) is 13.3 Å². The normalized spacial score (nSPS) is 10.4. The minimum Gasteiger partial charge on any atom is -0.504 e. The van der Waals surface area contributed by atoms with Crippen molar-refractivity contribution < 1.29 is 14.6 Å². The zero-order valence-corrected chi connectivity index (χ0v) is 9.85. The van der Waals surface area contributed by atoms with Gasteiger partial charge < -0.3 is 9.84 Å². The molecule has 0 aliphatic rings. The van der Waals surface area contributed by atoms with Gasteiger partial charge in [0.15, 0.2) is 11.4 Å². The summed E-state index contributed by atoms with van der Waals surface area (Å²) in [5, 5.41) is 10.5.